The standard InChI is InChI=1S/C22H27NO5/c1-16(8-9-17-6-4-3-5-7-17)23-21(24)15-28-19-12-10-18(11-13-19)14-20(27-2)22(25)26/h3-7,10-13,16,20H,8-9,14-15H2,1-2H3,(H,23,24)(H,25,26)/t16?,20-/m0/s1. The maximum atomic E-state index is 12.0. The summed E-state index contributed by atoms with van der Waals surface area (Å²) >= 11 is 0. The second kappa shape index (κ2) is 11.1. The van der Waals surface area contributed by atoms with Crippen molar-refractivity contribution in [2.24, 2.45) is 0 Å². The van der Waals surface area contributed by atoms with Gasteiger partial charge in [-0.15, -0.1) is 0 Å². The molecule has 2 rings (SSSR count). The van der Waals surface area contributed by atoms with E-state index >= 15 is 0 Å². The van der Waals surface area contributed by atoms with Crippen LogP contribution in [-0.4, -0.2) is 42.8 Å². The lowest BCUT2D eigenvalue weighted by atomic mass is 10.1. The van der Waals surface area contributed by atoms with E-state index in [9.17, 15) is 9.59 Å². The van der Waals surface area contributed by atoms with E-state index < -0.39 is 12.1 Å². The summed E-state index contributed by atoms with van der Waals surface area (Å²) in [6.45, 7) is 1.91. The molecular formula is C22H27NO5. The van der Waals surface area contributed by atoms with Gasteiger partial charge in [0.25, 0.3) is 5.91 Å². The van der Waals surface area contributed by atoms with Gasteiger partial charge in [0.15, 0.2) is 12.7 Å². The van der Waals surface area contributed by atoms with Crippen LogP contribution >= 0.6 is 0 Å². The van der Waals surface area contributed by atoms with Gasteiger partial charge in [-0.2, -0.15) is 0 Å². The molecule has 2 N–H and O–H groups in total. The van der Waals surface area contributed by atoms with Gasteiger partial charge >= 0.3 is 5.97 Å². The molecule has 0 aliphatic heterocycles. The fraction of sp³-hybridized carbons (Fsp3) is 0.364. The number of carbonyl (C=O) groups excluding carboxylic acids is 1. The first-order valence-electron chi connectivity index (χ1n) is 9.28. The topological polar surface area (TPSA) is 84.9 Å². The maximum absolute atomic E-state index is 12.0. The molecule has 28 heavy (non-hydrogen) atoms. The zero-order valence-corrected chi connectivity index (χ0v) is 16.3. The minimum Gasteiger partial charge on any atom is -0.484 e. The molecule has 0 fully saturated rings. The second-order valence-electron chi connectivity index (χ2n) is 6.69. The highest BCUT2D eigenvalue weighted by Crippen LogP contribution is 2.14. The van der Waals surface area contributed by atoms with Crippen LogP contribution in [0.1, 0.15) is 24.5 Å². The quantitative estimate of drug-likeness (QED) is 0.621. The Kier molecular flexibility index (Phi) is 8.49. The van der Waals surface area contributed by atoms with Crippen LogP contribution in [0.25, 0.3) is 0 Å². The number of carboxylic acid groups (broad SMARTS) is 1. The van der Waals surface area contributed by atoms with Crippen LogP contribution in [0.3, 0.4) is 0 Å². The molecule has 0 saturated carbocycles. The third-order valence-corrected chi connectivity index (χ3v) is 4.39. The Morgan fingerprint density at radius 2 is 1.71 bits per heavy atom. The normalized spacial score (nSPS) is 12.8. The number of carboxylic acids is 1. The molecule has 2 atom stereocenters. The molecule has 0 aliphatic carbocycles. The van der Waals surface area contributed by atoms with E-state index in [1.807, 2.05) is 25.1 Å². The summed E-state index contributed by atoms with van der Waals surface area (Å²) < 4.78 is 10.4. The molecule has 2 aromatic rings. The lowest BCUT2D eigenvalue weighted by molar-refractivity contribution is -0.148. The number of hydrogen-bond donors (Lipinski definition) is 2. The van der Waals surface area contributed by atoms with E-state index in [0.717, 1.165) is 18.4 Å². The van der Waals surface area contributed by atoms with Gasteiger partial charge in [-0.05, 0) is 43.0 Å². The Bertz CT molecular complexity index is 745. The molecule has 0 aliphatic rings. The number of aliphatic carboxylic acids is 1. The van der Waals surface area contributed by atoms with Gasteiger partial charge < -0.3 is 19.9 Å². The first-order chi connectivity index (χ1) is 13.5. The van der Waals surface area contributed by atoms with Crippen LogP contribution < -0.4 is 10.1 Å². The minimum atomic E-state index is -0.999. The van der Waals surface area contributed by atoms with Crippen molar-refractivity contribution in [3.63, 3.8) is 0 Å². The average molecular weight is 385 g/mol. The molecule has 0 aromatic heterocycles. The fourth-order valence-corrected chi connectivity index (χ4v) is 2.77. The van der Waals surface area contributed by atoms with Crippen molar-refractivity contribution in [3.8, 4) is 5.75 Å². The summed E-state index contributed by atoms with van der Waals surface area (Å²) in [6, 6.07) is 17.2. The molecular weight excluding hydrogens is 358 g/mol. The summed E-state index contributed by atoms with van der Waals surface area (Å²) in [6.07, 6.45) is 1.15. The monoisotopic (exact) mass is 385 g/mol. The van der Waals surface area contributed by atoms with Crippen molar-refractivity contribution < 1.29 is 24.2 Å². The molecule has 6 nitrogen and oxygen atoms in total. The first kappa shape index (κ1) is 21.4. The molecule has 0 bridgehead atoms. The van der Waals surface area contributed by atoms with Crippen molar-refractivity contribution in [2.75, 3.05) is 13.7 Å². The lowest BCUT2D eigenvalue weighted by Gasteiger charge is -2.14. The molecule has 0 spiro atoms. The third-order valence-electron chi connectivity index (χ3n) is 4.39. The van der Waals surface area contributed by atoms with Gasteiger partial charge in [-0.3, -0.25) is 4.79 Å². The van der Waals surface area contributed by atoms with Crippen LogP contribution in [0.2, 0.25) is 0 Å². The van der Waals surface area contributed by atoms with Gasteiger partial charge in [0.05, 0.1) is 0 Å². The van der Waals surface area contributed by atoms with Crippen LogP contribution in [0, 0.1) is 0 Å². The smallest absolute Gasteiger partial charge is 0.333 e. The predicted octanol–water partition coefficient (Wildman–Crippen LogP) is 2.85. The van der Waals surface area contributed by atoms with Crippen LogP contribution in [-0.2, 0) is 27.2 Å². The summed E-state index contributed by atoms with van der Waals surface area (Å²) in [5.41, 5.74) is 2.07. The van der Waals surface area contributed by atoms with E-state index in [2.05, 4.69) is 17.4 Å². The number of benzene rings is 2. The Labute approximate surface area is 165 Å². The second-order valence-corrected chi connectivity index (χ2v) is 6.69. The number of aryl methyl sites for hydroxylation is 1. The molecule has 2 aromatic carbocycles. The third kappa shape index (κ3) is 7.40. The molecule has 1 amide bonds. The number of rotatable bonds is 11. The number of ether oxygens (including phenoxy) is 2. The SMILES string of the molecule is CO[C@@H](Cc1ccc(OCC(=O)NC(C)CCc2ccccc2)cc1)C(=O)O. The summed E-state index contributed by atoms with van der Waals surface area (Å²) in [4.78, 5) is 23.0. The van der Waals surface area contributed by atoms with Crippen LogP contribution in [0.15, 0.2) is 54.6 Å². The lowest BCUT2D eigenvalue weighted by Crippen LogP contribution is -2.36. The van der Waals surface area contributed by atoms with Gasteiger partial charge in [0, 0.05) is 19.6 Å². The predicted molar refractivity (Wildman–Crippen MR) is 106 cm³/mol. The Hall–Kier alpha value is -2.86. The Balaban J connectivity index is 1.72. The Morgan fingerprint density at radius 3 is 2.32 bits per heavy atom. The highest BCUT2D eigenvalue weighted by atomic mass is 16.5. The average Bonchev–Trinajstić information content (AvgIpc) is 2.70. The maximum Gasteiger partial charge on any atom is 0.333 e. The summed E-state index contributed by atoms with van der Waals surface area (Å²) in [7, 11) is 1.37. The van der Waals surface area contributed by atoms with Crippen molar-refractivity contribution >= 4 is 11.9 Å². The molecule has 1 unspecified atom stereocenters. The number of methoxy groups -OCH3 is 1. The zero-order valence-electron chi connectivity index (χ0n) is 16.3. The van der Waals surface area contributed by atoms with Gasteiger partial charge in [-0.1, -0.05) is 42.5 Å². The van der Waals surface area contributed by atoms with E-state index in [-0.39, 0.29) is 25.0 Å². The highest BCUT2D eigenvalue weighted by molar-refractivity contribution is 5.77. The number of amides is 1. The largest absolute Gasteiger partial charge is 0.484 e. The summed E-state index contributed by atoms with van der Waals surface area (Å²) in [5.74, 6) is -0.615. The highest BCUT2D eigenvalue weighted by Gasteiger charge is 2.16. The number of nitrogens with one attached hydrogen (secondary N) is 1. The number of hydrogen-bond acceptors (Lipinski definition) is 4. The summed E-state index contributed by atoms with van der Waals surface area (Å²) in [5, 5.41) is 11.9. The van der Waals surface area contributed by atoms with Crippen molar-refractivity contribution in [1.29, 1.82) is 0 Å². The van der Waals surface area contributed by atoms with Crippen molar-refractivity contribution in [2.45, 2.75) is 38.3 Å². The zero-order chi connectivity index (χ0) is 20.4. The molecule has 0 saturated heterocycles. The molecule has 150 valence electrons. The molecule has 0 radical (unpaired) electrons. The minimum absolute atomic E-state index is 0.0562. The fourth-order valence-electron chi connectivity index (χ4n) is 2.77. The van der Waals surface area contributed by atoms with Crippen LogP contribution in [0.4, 0.5) is 0 Å². The van der Waals surface area contributed by atoms with E-state index in [1.165, 1.54) is 12.7 Å². The van der Waals surface area contributed by atoms with Crippen molar-refractivity contribution in [1.82, 2.24) is 5.32 Å². The molecule has 0 heterocycles. The van der Waals surface area contributed by atoms with Crippen molar-refractivity contribution in [3.05, 3.63) is 65.7 Å². The number of carbonyl (C=O) groups is 2. The molecule has 6 heteroatoms. The van der Waals surface area contributed by atoms with Gasteiger partial charge in [0.2, 0.25) is 0 Å². The van der Waals surface area contributed by atoms with Crippen LogP contribution in [0.5, 0.6) is 5.75 Å². The Morgan fingerprint density at radius 1 is 1.04 bits per heavy atom. The van der Waals surface area contributed by atoms with Gasteiger partial charge in [0.1, 0.15) is 5.75 Å². The van der Waals surface area contributed by atoms with E-state index in [1.54, 1.807) is 24.3 Å². The first-order valence-corrected chi connectivity index (χ1v) is 9.28. The van der Waals surface area contributed by atoms with E-state index in [4.69, 9.17) is 14.6 Å². The van der Waals surface area contributed by atoms with Gasteiger partial charge in [-0.25, -0.2) is 4.79 Å². The van der Waals surface area contributed by atoms with E-state index in [0.29, 0.717) is 5.75 Å².